The summed E-state index contributed by atoms with van der Waals surface area (Å²) in [5.41, 5.74) is 5.71. The van der Waals surface area contributed by atoms with Crippen molar-refractivity contribution in [1.29, 1.82) is 0 Å². The largest absolute Gasteiger partial charge is 0.318 e. The molecule has 1 aromatic carbocycles. The summed E-state index contributed by atoms with van der Waals surface area (Å²) in [6.07, 6.45) is 10.0. The molecule has 0 atom stereocenters. The Hall–Kier alpha value is -2.53. The summed E-state index contributed by atoms with van der Waals surface area (Å²) in [5.74, 6) is 0.452. The van der Waals surface area contributed by atoms with E-state index in [1.54, 1.807) is 6.08 Å². The number of imide groups is 1. The number of carbonyl (C=O) groups is 2. The van der Waals surface area contributed by atoms with Crippen LogP contribution < -0.4 is 0 Å². The minimum absolute atomic E-state index is 0.238. The van der Waals surface area contributed by atoms with Crippen molar-refractivity contribution < 1.29 is 9.59 Å². The zero-order valence-corrected chi connectivity index (χ0v) is 18.5. The number of aryl methyl sites for hydroxylation is 1. The second-order valence-corrected chi connectivity index (χ2v) is 9.16. The third-order valence-electron chi connectivity index (χ3n) is 6.17. The topological polar surface area (TPSA) is 42.3 Å². The van der Waals surface area contributed by atoms with E-state index in [-0.39, 0.29) is 17.7 Å². The van der Waals surface area contributed by atoms with E-state index in [9.17, 15) is 9.59 Å². The number of nitrogens with zero attached hydrogens (tertiary/aromatic N) is 2. The molecule has 0 bridgehead atoms. The average molecular weight is 421 g/mol. The number of carbonyl (C=O) groups excluding carboxylic acids is 2. The number of aromatic nitrogens is 1. The first-order valence-corrected chi connectivity index (χ1v) is 11.5. The second-order valence-electron chi connectivity index (χ2n) is 8.17. The first-order valence-electron chi connectivity index (χ1n) is 10.6. The molecule has 1 aliphatic carbocycles. The second kappa shape index (κ2) is 8.68. The predicted molar refractivity (Wildman–Crippen MR) is 124 cm³/mol. The van der Waals surface area contributed by atoms with E-state index in [1.165, 1.54) is 42.6 Å². The van der Waals surface area contributed by atoms with Crippen LogP contribution in [0.3, 0.4) is 0 Å². The van der Waals surface area contributed by atoms with Gasteiger partial charge in [0.25, 0.3) is 11.1 Å². The highest BCUT2D eigenvalue weighted by molar-refractivity contribution is 8.18. The summed E-state index contributed by atoms with van der Waals surface area (Å²) in [6.45, 7) is 8.00. The molecule has 1 aromatic heterocycles. The van der Waals surface area contributed by atoms with Crippen molar-refractivity contribution in [3.8, 4) is 5.69 Å². The molecular weight excluding hydrogens is 392 g/mol. The molecule has 156 valence electrons. The molecule has 5 heteroatoms. The van der Waals surface area contributed by atoms with Crippen LogP contribution in [0.5, 0.6) is 0 Å². The summed E-state index contributed by atoms with van der Waals surface area (Å²) in [5, 5.41) is -0.238. The van der Waals surface area contributed by atoms with E-state index >= 15 is 0 Å². The van der Waals surface area contributed by atoms with Crippen molar-refractivity contribution in [3.63, 3.8) is 0 Å². The van der Waals surface area contributed by atoms with E-state index in [0.717, 1.165) is 34.4 Å². The van der Waals surface area contributed by atoms with Crippen molar-refractivity contribution in [3.05, 3.63) is 70.4 Å². The fourth-order valence-electron chi connectivity index (χ4n) is 4.59. The van der Waals surface area contributed by atoms with Crippen molar-refractivity contribution in [2.45, 2.75) is 51.9 Å². The highest BCUT2D eigenvalue weighted by Crippen LogP contribution is 2.35. The van der Waals surface area contributed by atoms with Gasteiger partial charge in [-0.15, -0.1) is 6.58 Å². The van der Waals surface area contributed by atoms with Gasteiger partial charge in [0.15, 0.2) is 0 Å². The first kappa shape index (κ1) is 20.7. The molecule has 1 aliphatic heterocycles. The lowest BCUT2D eigenvalue weighted by atomic mass is 9.84. The maximum Gasteiger partial charge on any atom is 0.293 e. The van der Waals surface area contributed by atoms with Crippen molar-refractivity contribution in [2.75, 3.05) is 6.54 Å². The molecule has 4 nitrogen and oxygen atoms in total. The Morgan fingerprint density at radius 2 is 1.80 bits per heavy atom. The van der Waals surface area contributed by atoms with E-state index in [0.29, 0.717) is 10.8 Å². The molecule has 0 unspecified atom stereocenters. The van der Waals surface area contributed by atoms with Gasteiger partial charge in [0, 0.05) is 23.6 Å². The minimum atomic E-state index is -0.244. The molecular formula is C25H28N2O2S. The molecule has 0 spiro atoms. The van der Waals surface area contributed by atoms with Crippen molar-refractivity contribution >= 4 is 29.0 Å². The smallest absolute Gasteiger partial charge is 0.293 e. The number of benzene rings is 1. The van der Waals surface area contributed by atoms with Gasteiger partial charge in [-0.1, -0.05) is 37.5 Å². The van der Waals surface area contributed by atoms with Crippen LogP contribution in [0.25, 0.3) is 11.8 Å². The van der Waals surface area contributed by atoms with Crippen LogP contribution in [0.4, 0.5) is 4.79 Å². The Labute approximate surface area is 182 Å². The molecule has 2 aliphatic rings. The number of amides is 2. The summed E-state index contributed by atoms with van der Waals surface area (Å²) < 4.78 is 2.21. The molecule has 0 radical (unpaired) electrons. The van der Waals surface area contributed by atoms with Crippen LogP contribution in [0.2, 0.25) is 0 Å². The Kier molecular flexibility index (Phi) is 6.00. The van der Waals surface area contributed by atoms with Crippen LogP contribution in [-0.2, 0) is 4.79 Å². The fourth-order valence-corrected chi connectivity index (χ4v) is 5.43. The Balaban J connectivity index is 1.60. The summed E-state index contributed by atoms with van der Waals surface area (Å²) in [7, 11) is 0. The Morgan fingerprint density at radius 1 is 1.10 bits per heavy atom. The maximum absolute atomic E-state index is 12.5. The SMILES string of the molecule is C=CCN1C(=O)S/C(=C\c2cc(C)n(-c3ccc(C4CCCCC4)cc3)c2C)C1=O. The lowest BCUT2D eigenvalue weighted by Gasteiger charge is -2.22. The van der Waals surface area contributed by atoms with E-state index in [2.05, 4.69) is 55.3 Å². The maximum atomic E-state index is 12.5. The van der Waals surface area contributed by atoms with Gasteiger partial charge in [0.2, 0.25) is 0 Å². The van der Waals surface area contributed by atoms with Crippen LogP contribution >= 0.6 is 11.8 Å². The first-order chi connectivity index (χ1) is 14.5. The van der Waals surface area contributed by atoms with Crippen LogP contribution in [0, 0.1) is 13.8 Å². The molecule has 2 heterocycles. The summed E-state index contributed by atoms with van der Waals surface area (Å²) in [6, 6.07) is 11.0. The third kappa shape index (κ3) is 3.91. The predicted octanol–water partition coefficient (Wildman–Crippen LogP) is 6.36. The Morgan fingerprint density at radius 3 is 2.47 bits per heavy atom. The van der Waals surface area contributed by atoms with Gasteiger partial charge in [-0.05, 0) is 79.8 Å². The van der Waals surface area contributed by atoms with Crippen LogP contribution in [-0.4, -0.2) is 27.2 Å². The van der Waals surface area contributed by atoms with E-state index in [1.807, 2.05) is 6.08 Å². The highest BCUT2D eigenvalue weighted by Gasteiger charge is 2.34. The summed E-state index contributed by atoms with van der Waals surface area (Å²) >= 11 is 0.995. The lowest BCUT2D eigenvalue weighted by Crippen LogP contribution is -2.27. The van der Waals surface area contributed by atoms with Crippen molar-refractivity contribution in [1.82, 2.24) is 9.47 Å². The monoisotopic (exact) mass is 420 g/mol. The molecule has 4 rings (SSSR count). The molecule has 1 saturated carbocycles. The lowest BCUT2D eigenvalue weighted by molar-refractivity contribution is -0.122. The Bertz CT molecular complexity index is 1010. The van der Waals surface area contributed by atoms with Gasteiger partial charge in [-0.3, -0.25) is 14.5 Å². The standard InChI is InChI=1S/C25H28N2O2S/c1-4-14-26-24(28)23(30-25(26)29)16-21-15-17(2)27(18(21)3)22-12-10-20(11-13-22)19-8-6-5-7-9-19/h4,10-13,15-16,19H,1,5-9,14H2,2-3H3/b23-16-. The number of rotatable bonds is 5. The number of hydrogen-bond donors (Lipinski definition) is 0. The minimum Gasteiger partial charge on any atom is -0.318 e. The molecule has 2 fully saturated rings. The van der Waals surface area contributed by atoms with Gasteiger partial charge in [-0.2, -0.15) is 0 Å². The molecule has 0 N–H and O–H groups in total. The molecule has 1 saturated heterocycles. The summed E-state index contributed by atoms with van der Waals surface area (Å²) in [4.78, 5) is 26.3. The third-order valence-corrected chi connectivity index (χ3v) is 7.08. The molecule has 30 heavy (non-hydrogen) atoms. The van der Waals surface area contributed by atoms with Gasteiger partial charge in [0.1, 0.15) is 0 Å². The number of thioether (sulfide) groups is 1. The zero-order valence-electron chi connectivity index (χ0n) is 17.7. The average Bonchev–Trinajstić information content (AvgIpc) is 3.18. The van der Waals surface area contributed by atoms with Gasteiger partial charge >= 0.3 is 0 Å². The number of hydrogen-bond acceptors (Lipinski definition) is 3. The van der Waals surface area contributed by atoms with Gasteiger partial charge < -0.3 is 4.57 Å². The fraction of sp³-hybridized carbons (Fsp3) is 0.360. The zero-order chi connectivity index (χ0) is 21.3. The highest BCUT2D eigenvalue weighted by atomic mass is 32.2. The molecule has 2 amide bonds. The van der Waals surface area contributed by atoms with Gasteiger partial charge in [-0.25, -0.2) is 0 Å². The van der Waals surface area contributed by atoms with Crippen LogP contribution in [0.15, 0.2) is 47.9 Å². The normalized spacial score (nSPS) is 19.1. The van der Waals surface area contributed by atoms with Crippen LogP contribution in [0.1, 0.15) is 60.5 Å². The van der Waals surface area contributed by atoms with Crippen molar-refractivity contribution in [2.24, 2.45) is 0 Å². The van der Waals surface area contributed by atoms with E-state index in [4.69, 9.17) is 0 Å². The van der Waals surface area contributed by atoms with Gasteiger partial charge in [0.05, 0.1) is 4.91 Å². The van der Waals surface area contributed by atoms with E-state index < -0.39 is 0 Å². The molecule has 2 aromatic rings. The quantitative estimate of drug-likeness (QED) is 0.417.